The lowest BCUT2D eigenvalue weighted by Gasteiger charge is -2.19. The number of fused-ring (bicyclic) bond motifs is 1. The lowest BCUT2D eigenvalue weighted by Crippen LogP contribution is -2.08. The Bertz CT molecular complexity index is 428. The first-order chi connectivity index (χ1) is 10.7. The minimum Gasteiger partial charge on any atom is -0.0651 e. The van der Waals surface area contributed by atoms with E-state index in [-0.39, 0.29) is 0 Å². The predicted molar refractivity (Wildman–Crippen MR) is 98.5 cm³/mol. The molecule has 2 rings (SSSR count). The van der Waals surface area contributed by atoms with Crippen LogP contribution in [0.2, 0.25) is 0 Å². The second kappa shape index (κ2) is 9.38. The van der Waals surface area contributed by atoms with Gasteiger partial charge in [0.1, 0.15) is 0 Å². The van der Waals surface area contributed by atoms with Crippen molar-refractivity contribution in [3.8, 4) is 0 Å². The number of hydrogen-bond acceptors (Lipinski definition) is 0. The van der Waals surface area contributed by atoms with Gasteiger partial charge in [0.15, 0.2) is 0 Å². The molecule has 1 aromatic rings. The highest BCUT2D eigenvalue weighted by Crippen LogP contribution is 2.25. The van der Waals surface area contributed by atoms with Crippen molar-refractivity contribution < 1.29 is 0 Å². The van der Waals surface area contributed by atoms with Gasteiger partial charge in [-0.1, -0.05) is 77.5 Å². The third-order valence-corrected chi connectivity index (χ3v) is 5.74. The predicted octanol–water partition coefficient (Wildman–Crippen LogP) is 6.74. The molecule has 1 aromatic carbocycles. The van der Waals surface area contributed by atoms with Crippen molar-refractivity contribution >= 4 is 0 Å². The van der Waals surface area contributed by atoms with Crippen LogP contribution in [0.1, 0.15) is 88.8 Å². The van der Waals surface area contributed by atoms with Gasteiger partial charge in [0.25, 0.3) is 0 Å². The molecule has 0 aliphatic heterocycles. The fourth-order valence-corrected chi connectivity index (χ4v) is 3.89. The highest BCUT2D eigenvalue weighted by Gasteiger charge is 2.12. The Morgan fingerprint density at radius 1 is 0.909 bits per heavy atom. The molecular weight excluding hydrogens is 264 g/mol. The van der Waals surface area contributed by atoms with Crippen LogP contribution in [0.25, 0.3) is 0 Å². The number of aryl methyl sites for hydroxylation is 3. The lowest BCUT2D eigenvalue weighted by atomic mass is 9.86. The Hall–Kier alpha value is -0.780. The summed E-state index contributed by atoms with van der Waals surface area (Å²) in [4.78, 5) is 0. The molecule has 0 heteroatoms. The fraction of sp³-hybridized carbons (Fsp3) is 0.727. The molecule has 0 heterocycles. The lowest BCUT2D eigenvalue weighted by molar-refractivity contribution is 0.347. The molecule has 0 bridgehead atoms. The van der Waals surface area contributed by atoms with Crippen molar-refractivity contribution in [3.05, 3.63) is 34.9 Å². The van der Waals surface area contributed by atoms with Crippen LogP contribution in [-0.4, -0.2) is 0 Å². The largest absolute Gasteiger partial charge is 0.0651 e. The number of benzene rings is 1. The van der Waals surface area contributed by atoms with Crippen LogP contribution >= 0.6 is 0 Å². The van der Waals surface area contributed by atoms with Gasteiger partial charge in [0.05, 0.1) is 0 Å². The minimum atomic E-state index is 0.929. The summed E-state index contributed by atoms with van der Waals surface area (Å²) in [6.45, 7) is 7.15. The topological polar surface area (TPSA) is 0 Å². The Balaban J connectivity index is 1.51. The maximum atomic E-state index is 2.46. The van der Waals surface area contributed by atoms with Gasteiger partial charge >= 0.3 is 0 Å². The van der Waals surface area contributed by atoms with E-state index < -0.39 is 0 Å². The van der Waals surface area contributed by atoms with Gasteiger partial charge in [0.2, 0.25) is 0 Å². The molecule has 1 aliphatic carbocycles. The molecule has 22 heavy (non-hydrogen) atoms. The van der Waals surface area contributed by atoms with Crippen molar-refractivity contribution in [3.63, 3.8) is 0 Å². The second-order valence-electron chi connectivity index (χ2n) is 7.58. The van der Waals surface area contributed by atoms with Gasteiger partial charge in [0, 0.05) is 0 Å². The first-order valence-corrected chi connectivity index (χ1v) is 9.83. The van der Waals surface area contributed by atoms with E-state index in [1.165, 1.54) is 70.6 Å². The molecule has 124 valence electrons. The molecule has 0 saturated carbocycles. The quantitative estimate of drug-likeness (QED) is 0.397. The summed E-state index contributed by atoms with van der Waals surface area (Å²) in [7, 11) is 0. The van der Waals surface area contributed by atoms with Crippen LogP contribution in [0.15, 0.2) is 18.2 Å². The third-order valence-electron chi connectivity index (χ3n) is 5.74. The van der Waals surface area contributed by atoms with Crippen LogP contribution in [0.3, 0.4) is 0 Å². The van der Waals surface area contributed by atoms with E-state index in [9.17, 15) is 0 Å². The summed E-state index contributed by atoms with van der Waals surface area (Å²) in [6.07, 6.45) is 15.2. The van der Waals surface area contributed by atoms with Gasteiger partial charge < -0.3 is 0 Å². The summed E-state index contributed by atoms with van der Waals surface area (Å²) in [5.74, 6) is 1.89. The second-order valence-corrected chi connectivity index (χ2v) is 7.58. The Morgan fingerprint density at radius 3 is 2.27 bits per heavy atom. The maximum Gasteiger partial charge on any atom is -0.0235 e. The van der Waals surface area contributed by atoms with Gasteiger partial charge in [-0.05, 0) is 60.6 Å². The van der Waals surface area contributed by atoms with E-state index >= 15 is 0 Å². The van der Waals surface area contributed by atoms with Crippen LogP contribution in [0, 0.1) is 11.8 Å². The van der Waals surface area contributed by atoms with Crippen LogP contribution in [-0.2, 0) is 19.3 Å². The number of rotatable bonds is 11. The van der Waals surface area contributed by atoms with Crippen molar-refractivity contribution in [2.75, 3.05) is 0 Å². The highest BCUT2D eigenvalue weighted by atomic mass is 14.2. The minimum absolute atomic E-state index is 0.929. The van der Waals surface area contributed by atoms with E-state index in [1.807, 2.05) is 0 Å². The van der Waals surface area contributed by atoms with Gasteiger partial charge in [-0.2, -0.15) is 0 Å². The molecule has 0 spiro atoms. The van der Waals surface area contributed by atoms with Gasteiger partial charge in [-0.25, -0.2) is 0 Å². The first kappa shape index (κ1) is 17.6. The van der Waals surface area contributed by atoms with E-state index in [2.05, 4.69) is 39.0 Å². The van der Waals surface area contributed by atoms with Crippen LogP contribution in [0.5, 0.6) is 0 Å². The molecule has 0 fully saturated rings. The highest BCUT2D eigenvalue weighted by molar-refractivity contribution is 5.38. The van der Waals surface area contributed by atoms with E-state index in [4.69, 9.17) is 0 Å². The molecule has 0 nitrogen and oxygen atoms in total. The zero-order valence-electron chi connectivity index (χ0n) is 15.2. The normalized spacial score (nSPS) is 14.7. The van der Waals surface area contributed by atoms with Crippen LogP contribution in [0.4, 0.5) is 0 Å². The molecule has 0 saturated heterocycles. The summed E-state index contributed by atoms with van der Waals surface area (Å²) in [5.41, 5.74) is 4.78. The summed E-state index contributed by atoms with van der Waals surface area (Å²) >= 11 is 0. The van der Waals surface area contributed by atoms with Crippen molar-refractivity contribution in [1.82, 2.24) is 0 Å². The first-order valence-electron chi connectivity index (χ1n) is 9.83. The fourth-order valence-electron chi connectivity index (χ4n) is 3.89. The van der Waals surface area contributed by atoms with Crippen molar-refractivity contribution in [2.24, 2.45) is 11.8 Å². The number of unbranched alkanes of at least 4 members (excludes halogenated alkanes) is 3. The van der Waals surface area contributed by atoms with E-state index in [0.717, 1.165) is 11.8 Å². The van der Waals surface area contributed by atoms with Crippen molar-refractivity contribution in [1.29, 1.82) is 0 Å². The average Bonchev–Trinajstić information content (AvgIpc) is 2.50. The Kier molecular flexibility index (Phi) is 7.49. The monoisotopic (exact) mass is 300 g/mol. The van der Waals surface area contributed by atoms with E-state index in [1.54, 1.807) is 16.7 Å². The summed E-state index contributed by atoms with van der Waals surface area (Å²) < 4.78 is 0. The zero-order valence-corrected chi connectivity index (χ0v) is 15.2. The van der Waals surface area contributed by atoms with Crippen molar-refractivity contribution in [2.45, 2.75) is 91.4 Å². The van der Waals surface area contributed by atoms with Crippen LogP contribution < -0.4 is 0 Å². The molecule has 1 aliphatic rings. The third kappa shape index (κ3) is 5.45. The standard InChI is InChI=1S/C22H36/c1-4-19(5-2)16-18(3)10-8-6-7-9-11-20-12-13-21-14-15-22(21)17-20/h12-13,17-19H,4-11,14-16H2,1-3H3. The summed E-state index contributed by atoms with van der Waals surface area (Å²) in [6, 6.07) is 7.17. The maximum absolute atomic E-state index is 2.46. The molecular formula is C22H36. The number of hydrogen-bond donors (Lipinski definition) is 0. The molecule has 0 amide bonds. The Morgan fingerprint density at radius 2 is 1.64 bits per heavy atom. The zero-order chi connectivity index (χ0) is 15.8. The molecule has 1 unspecified atom stereocenters. The molecule has 0 N–H and O–H groups in total. The Labute approximate surface area is 138 Å². The molecule has 1 atom stereocenters. The molecule has 0 radical (unpaired) electrons. The van der Waals surface area contributed by atoms with Gasteiger partial charge in [-0.15, -0.1) is 0 Å². The van der Waals surface area contributed by atoms with Gasteiger partial charge in [-0.3, -0.25) is 0 Å². The van der Waals surface area contributed by atoms with E-state index in [0.29, 0.717) is 0 Å². The molecule has 0 aromatic heterocycles. The smallest absolute Gasteiger partial charge is 0.0235 e. The average molecular weight is 301 g/mol. The SMILES string of the molecule is CCC(CC)CC(C)CCCCCCc1ccc2c(c1)CC2. The summed E-state index contributed by atoms with van der Waals surface area (Å²) in [5, 5.41) is 0.